The van der Waals surface area contributed by atoms with E-state index in [-0.39, 0.29) is 17.6 Å². The van der Waals surface area contributed by atoms with Crippen molar-refractivity contribution in [2.24, 2.45) is 0 Å². The highest BCUT2D eigenvalue weighted by atomic mass is 16.5. The van der Waals surface area contributed by atoms with E-state index in [0.717, 1.165) is 16.9 Å². The first-order valence-electron chi connectivity index (χ1n) is 8.26. The molecule has 1 atom stereocenters. The van der Waals surface area contributed by atoms with Crippen molar-refractivity contribution in [1.82, 2.24) is 5.32 Å². The van der Waals surface area contributed by atoms with Crippen LogP contribution in [-0.4, -0.2) is 29.6 Å². The van der Waals surface area contributed by atoms with E-state index in [2.05, 4.69) is 5.32 Å². The maximum atomic E-state index is 11.9. The fourth-order valence-corrected chi connectivity index (χ4v) is 2.38. The number of aromatic carboxylic acids is 1. The standard InChI is InChI=1S/C20H23NO4/c1-14-4-3-5-18(12-14)25-15(2)13-21-19(22)11-8-16-6-9-17(10-7-16)20(23)24/h3-7,9-10,12,15H,8,11,13H2,1-2H3,(H,21,22)(H,23,24). The van der Waals surface area contributed by atoms with E-state index in [1.165, 1.54) is 0 Å². The van der Waals surface area contributed by atoms with Crippen LogP contribution in [-0.2, 0) is 11.2 Å². The van der Waals surface area contributed by atoms with Crippen LogP contribution in [0.15, 0.2) is 48.5 Å². The van der Waals surface area contributed by atoms with Gasteiger partial charge in [-0.1, -0.05) is 24.3 Å². The third-order valence-corrected chi connectivity index (χ3v) is 3.76. The Morgan fingerprint density at radius 3 is 2.52 bits per heavy atom. The van der Waals surface area contributed by atoms with Crippen LogP contribution < -0.4 is 10.1 Å². The fourth-order valence-electron chi connectivity index (χ4n) is 2.38. The minimum Gasteiger partial charge on any atom is -0.489 e. The molecule has 0 radical (unpaired) electrons. The van der Waals surface area contributed by atoms with E-state index >= 15 is 0 Å². The van der Waals surface area contributed by atoms with Gasteiger partial charge in [-0.15, -0.1) is 0 Å². The van der Waals surface area contributed by atoms with Crippen LogP contribution in [0.2, 0.25) is 0 Å². The first kappa shape index (κ1) is 18.5. The molecule has 0 aliphatic carbocycles. The van der Waals surface area contributed by atoms with Crippen molar-refractivity contribution in [2.45, 2.75) is 32.8 Å². The molecule has 0 fully saturated rings. The predicted octanol–water partition coefficient (Wildman–Crippen LogP) is 3.21. The maximum absolute atomic E-state index is 11.9. The van der Waals surface area contributed by atoms with E-state index in [0.29, 0.717) is 19.4 Å². The number of ether oxygens (including phenoxy) is 1. The Bertz CT molecular complexity index is 725. The van der Waals surface area contributed by atoms with Crippen LogP contribution >= 0.6 is 0 Å². The van der Waals surface area contributed by atoms with Gasteiger partial charge < -0.3 is 15.2 Å². The monoisotopic (exact) mass is 341 g/mol. The third kappa shape index (κ3) is 6.30. The Labute approximate surface area is 147 Å². The fraction of sp³-hybridized carbons (Fsp3) is 0.300. The zero-order chi connectivity index (χ0) is 18.2. The Morgan fingerprint density at radius 1 is 1.16 bits per heavy atom. The first-order chi connectivity index (χ1) is 11.9. The minimum absolute atomic E-state index is 0.0537. The van der Waals surface area contributed by atoms with Crippen molar-refractivity contribution in [3.63, 3.8) is 0 Å². The number of carboxylic acids is 1. The van der Waals surface area contributed by atoms with Crippen molar-refractivity contribution in [1.29, 1.82) is 0 Å². The molecule has 1 unspecified atom stereocenters. The Balaban J connectivity index is 1.72. The number of carbonyl (C=O) groups is 2. The molecule has 2 aromatic carbocycles. The Hall–Kier alpha value is -2.82. The van der Waals surface area contributed by atoms with Gasteiger partial charge in [-0.25, -0.2) is 4.79 Å². The number of hydrogen-bond donors (Lipinski definition) is 2. The smallest absolute Gasteiger partial charge is 0.335 e. The van der Waals surface area contributed by atoms with Gasteiger partial charge >= 0.3 is 5.97 Å². The lowest BCUT2D eigenvalue weighted by atomic mass is 10.1. The summed E-state index contributed by atoms with van der Waals surface area (Å²) in [5.74, 6) is -0.214. The van der Waals surface area contributed by atoms with Crippen molar-refractivity contribution in [2.75, 3.05) is 6.54 Å². The van der Waals surface area contributed by atoms with Crippen LogP contribution in [0.3, 0.4) is 0 Å². The molecule has 1 amide bonds. The lowest BCUT2D eigenvalue weighted by Crippen LogP contribution is -2.33. The molecule has 5 heteroatoms. The topological polar surface area (TPSA) is 75.6 Å². The number of amides is 1. The predicted molar refractivity (Wildman–Crippen MR) is 96.0 cm³/mol. The number of carbonyl (C=O) groups excluding carboxylic acids is 1. The minimum atomic E-state index is -0.952. The molecule has 2 rings (SSSR count). The summed E-state index contributed by atoms with van der Waals surface area (Å²) in [6, 6.07) is 14.4. The van der Waals surface area contributed by atoms with E-state index in [1.54, 1.807) is 24.3 Å². The molecule has 0 aliphatic heterocycles. The normalized spacial score (nSPS) is 11.6. The van der Waals surface area contributed by atoms with E-state index in [4.69, 9.17) is 9.84 Å². The lowest BCUT2D eigenvalue weighted by Gasteiger charge is -2.16. The van der Waals surface area contributed by atoms with Gasteiger partial charge in [-0.3, -0.25) is 4.79 Å². The van der Waals surface area contributed by atoms with Gasteiger partial charge in [0.1, 0.15) is 11.9 Å². The van der Waals surface area contributed by atoms with Gasteiger partial charge in [0.25, 0.3) is 0 Å². The molecular formula is C20H23NO4. The number of aryl methyl sites for hydroxylation is 2. The second-order valence-corrected chi connectivity index (χ2v) is 6.05. The Morgan fingerprint density at radius 2 is 1.88 bits per heavy atom. The summed E-state index contributed by atoms with van der Waals surface area (Å²) in [5, 5.41) is 11.7. The molecule has 0 saturated heterocycles. The van der Waals surface area contributed by atoms with Crippen LogP contribution in [0.25, 0.3) is 0 Å². The second-order valence-electron chi connectivity index (χ2n) is 6.05. The summed E-state index contributed by atoms with van der Waals surface area (Å²) in [6.45, 7) is 4.35. The van der Waals surface area contributed by atoms with Crippen LogP contribution in [0, 0.1) is 6.92 Å². The molecule has 0 spiro atoms. The number of hydrogen-bond acceptors (Lipinski definition) is 3. The van der Waals surface area contributed by atoms with Crippen LogP contribution in [0.4, 0.5) is 0 Å². The SMILES string of the molecule is Cc1cccc(OC(C)CNC(=O)CCc2ccc(C(=O)O)cc2)c1. The van der Waals surface area contributed by atoms with Gasteiger partial charge in [-0.2, -0.15) is 0 Å². The van der Waals surface area contributed by atoms with E-state index < -0.39 is 5.97 Å². The summed E-state index contributed by atoms with van der Waals surface area (Å²) >= 11 is 0. The van der Waals surface area contributed by atoms with Gasteiger partial charge in [-0.05, 0) is 55.7 Å². The zero-order valence-electron chi connectivity index (χ0n) is 14.5. The number of rotatable bonds is 8. The lowest BCUT2D eigenvalue weighted by molar-refractivity contribution is -0.121. The van der Waals surface area contributed by atoms with E-state index in [1.807, 2.05) is 38.1 Å². The highest BCUT2D eigenvalue weighted by molar-refractivity contribution is 5.87. The van der Waals surface area contributed by atoms with Gasteiger partial charge in [0, 0.05) is 6.42 Å². The molecule has 132 valence electrons. The highest BCUT2D eigenvalue weighted by Gasteiger charge is 2.08. The van der Waals surface area contributed by atoms with Crippen molar-refractivity contribution in [3.8, 4) is 5.75 Å². The van der Waals surface area contributed by atoms with Crippen molar-refractivity contribution < 1.29 is 19.4 Å². The first-order valence-corrected chi connectivity index (χ1v) is 8.26. The molecule has 0 aliphatic rings. The highest BCUT2D eigenvalue weighted by Crippen LogP contribution is 2.14. The number of carboxylic acid groups (broad SMARTS) is 1. The zero-order valence-corrected chi connectivity index (χ0v) is 14.5. The molecule has 2 N–H and O–H groups in total. The van der Waals surface area contributed by atoms with Crippen molar-refractivity contribution >= 4 is 11.9 Å². The second kappa shape index (κ2) is 8.87. The summed E-state index contributed by atoms with van der Waals surface area (Å²) in [5.41, 5.74) is 2.31. The Kier molecular flexibility index (Phi) is 6.57. The molecule has 0 saturated carbocycles. The molecule has 0 heterocycles. The van der Waals surface area contributed by atoms with E-state index in [9.17, 15) is 9.59 Å². The van der Waals surface area contributed by atoms with Crippen molar-refractivity contribution in [3.05, 3.63) is 65.2 Å². The van der Waals surface area contributed by atoms with Crippen LogP contribution in [0.1, 0.15) is 34.8 Å². The maximum Gasteiger partial charge on any atom is 0.335 e. The molecule has 0 bridgehead atoms. The van der Waals surface area contributed by atoms with Gasteiger partial charge in [0.05, 0.1) is 12.1 Å². The molecular weight excluding hydrogens is 318 g/mol. The molecule has 5 nitrogen and oxygen atoms in total. The van der Waals surface area contributed by atoms with Crippen LogP contribution in [0.5, 0.6) is 5.75 Å². The van der Waals surface area contributed by atoms with Gasteiger partial charge in [0.2, 0.25) is 5.91 Å². The summed E-state index contributed by atoms with van der Waals surface area (Å²) < 4.78 is 5.77. The summed E-state index contributed by atoms with van der Waals surface area (Å²) in [4.78, 5) is 22.7. The average Bonchev–Trinajstić information content (AvgIpc) is 2.58. The molecule has 0 aromatic heterocycles. The quantitative estimate of drug-likeness (QED) is 0.773. The summed E-state index contributed by atoms with van der Waals surface area (Å²) in [6.07, 6.45) is 0.795. The largest absolute Gasteiger partial charge is 0.489 e. The average molecular weight is 341 g/mol. The molecule has 2 aromatic rings. The number of benzene rings is 2. The number of nitrogens with one attached hydrogen (secondary N) is 1. The third-order valence-electron chi connectivity index (χ3n) is 3.76. The molecule has 25 heavy (non-hydrogen) atoms. The van der Waals surface area contributed by atoms with Gasteiger partial charge in [0.15, 0.2) is 0 Å². The summed E-state index contributed by atoms with van der Waals surface area (Å²) in [7, 11) is 0.